The van der Waals surface area contributed by atoms with E-state index in [2.05, 4.69) is 45.3 Å². The van der Waals surface area contributed by atoms with Crippen LogP contribution in [0.4, 0.5) is 0 Å². The maximum absolute atomic E-state index is 12.3. The molecule has 2 heterocycles. The minimum Gasteiger partial charge on any atom is -0.477 e. The number of primary sulfonamides is 1. The van der Waals surface area contributed by atoms with Crippen LogP contribution < -0.4 is 9.88 Å². The highest BCUT2D eigenvalue weighted by Gasteiger charge is 2.25. The van der Waals surface area contributed by atoms with Gasteiger partial charge < -0.3 is 9.30 Å². The average Bonchev–Trinajstić information content (AvgIpc) is 3.03. The lowest BCUT2D eigenvalue weighted by molar-refractivity contribution is 0.260. The van der Waals surface area contributed by atoms with Gasteiger partial charge in [0.25, 0.3) is 0 Å². The zero-order valence-corrected chi connectivity index (χ0v) is 21.3. The standard InChI is InChI=1S/C25H39N3O3S/c1-17(2)16-31-24-13-20(12-23(27-24)25(4,5)6)21-14-22(32(26,29)30)18(3)28(21)15-19-10-8-7-9-11-19/h12-14,17,19H,7-11,15-16H2,1-6H3,(H2,26,29,30). The molecule has 1 saturated carbocycles. The van der Waals surface area contributed by atoms with E-state index in [1.165, 1.54) is 32.1 Å². The molecule has 6 nitrogen and oxygen atoms in total. The van der Waals surface area contributed by atoms with Crippen molar-refractivity contribution in [3.8, 4) is 17.1 Å². The number of hydrogen-bond acceptors (Lipinski definition) is 4. The quantitative estimate of drug-likeness (QED) is 0.596. The van der Waals surface area contributed by atoms with Crippen molar-refractivity contribution in [1.82, 2.24) is 9.55 Å². The molecular formula is C25H39N3O3S. The van der Waals surface area contributed by atoms with Crippen molar-refractivity contribution >= 4 is 10.0 Å². The van der Waals surface area contributed by atoms with Gasteiger partial charge >= 0.3 is 0 Å². The lowest BCUT2D eigenvalue weighted by atomic mass is 9.89. The first-order valence-electron chi connectivity index (χ1n) is 11.7. The molecule has 0 radical (unpaired) electrons. The highest BCUT2D eigenvalue weighted by Crippen LogP contribution is 2.35. The predicted octanol–water partition coefficient (Wildman–Crippen LogP) is 5.42. The summed E-state index contributed by atoms with van der Waals surface area (Å²) in [6.07, 6.45) is 6.10. The van der Waals surface area contributed by atoms with Crippen molar-refractivity contribution in [3.05, 3.63) is 29.6 Å². The summed E-state index contributed by atoms with van der Waals surface area (Å²) in [4.78, 5) is 4.95. The van der Waals surface area contributed by atoms with Crippen LogP contribution in [0.1, 0.15) is 78.1 Å². The van der Waals surface area contributed by atoms with Crippen LogP contribution in [0.2, 0.25) is 0 Å². The van der Waals surface area contributed by atoms with Crippen molar-refractivity contribution in [2.75, 3.05) is 6.61 Å². The van der Waals surface area contributed by atoms with Gasteiger partial charge in [0, 0.05) is 35.0 Å². The van der Waals surface area contributed by atoms with E-state index in [0.29, 0.717) is 30.0 Å². The molecule has 1 fully saturated rings. The first kappa shape index (κ1) is 24.8. The maximum atomic E-state index is 12.3. The Morgan fingerprint density at radius 3 is 2.38 bits per heavy atom. The minimum absolute atomic E-state index is 0.176. The molecule has 32 heavy (non-hydrogen) atoms. The molecule has 178 valence electrons. The number of rotatable bonds is 7. The summed E-state index contributed by atoms with van der Waals surface area (Å²) in [5, 5.41) is 5.58. The molecule has 0 amide bonds. The fourth-order valence-electron chi connectivity index (χ4n) is 4.37. The Bertz CT molecular complexity index is 1040. The van der Waals surface area contributed by atoms with Gasteiger partial charge in [-0.25, -0.2) is 18.5 Å². The van der Waals surface area contributed by atoms with E-state index in [9.17, 15) is 8.42 Å². The zero-order chi connectivity index (χ0) is 23.7. The normalized spacial score (nSPS) is 16.0. The Morgan fingerprint density at radius 1 is 1.16 bits per heavy atom. The van der Waals surface area contributed by atoms with Gasteiger partial charge in [-0.2, -0.15) is 0 Å². The number of nitrogens with zero attached hydrogens (tertiary/aromatic N) is 2. The second-order valence-electron chi connectivity index (χ2n) is 10.7. The summed E-state index contributed by atoms with van der Waals surface area (Å²) in [5.74, 6) is 1.49. The van der Waals surface area contributed by atoms with Gasteiger partial charge in [-0.3, -0.25) is 0 Å². The fraction of sp³-hybridized carbons (Fsp3) is 0.640. The number of ether oxygens (including phenoxy) is 1. The van der Waals surface area contributed by atoms with E-state index in [1.807, 2.05) is 13.0 Å². The van der Waals surface area contributed by atoms with Crippen LogP contribution in [0.5, 0.6) is 5.88 Å². The number of aromatic nitrogens is 2. The summed E-state index contributed by atoms with van der Waals surface area (Å²) in [7, 11) is -3.82. The molecule has 2 aromatic rings. The van der Waals surface area contributed by atoms with Crippen molar-refractivity contribution in [3.63, 3.8) is 0 Å². The molecule has 3 rings (SSSR count). The van der Waals surface area contributed by atoms with Crippen molar-refractivity contribution in [1.29, 1.82) is 0 Å². The SMILES string of the molecule is Cc1c(S(N)(=O)=O)cc(-c2cc(OCC(C)C)nc(C(C)(C)C)c2)n1CC1CCCCC1. The summed E-state index contributed by atoms with van der Waals surface area (Å²) in [5.41, 5.74) is 3.21. The topological polar surface area (TPSA) is 87.2 Å². The molecular weight excluding hydrogens is 422 g/mol. The summed E-state index contributed by atoms with van der Waals surface area (Å²) in [6.45, 7) is 13.8. The molecule has 2 N–H and O–H groups in total. The van der Waals surface area contributed by atoms with Crippen LogP contribution in [0.25, 0.3) is 11.3 Å². The van der Waals surface area contributed by atoms with E-state index in [-0.39, 0.29) is 10.3 Å². The van der Waals surface area contributed by atoms with E-state index >= 15 is 0 Å². The summed E-state index contributed by atoms with van der Waals surface area (Å²) in [6, 6.07) is 5.71. The van der Waals surface area contributed by atoms with Crippen LogP contribution in [-0.4, -0.2) is 24.6 Å². The molecule has 7 heteroatoms. The van der Waals surface area contributed by atoms with Crippen molar-refractivity contribution in [2.24, 2.45) is 17.0 Å². The first-order chi connectivity index (χ1) is 14.9. The Hall–Kier alpha value is -1.86. The second kappa shape index (κ2) is 9.56. The zero-order valence-electron chi connectivity index (χ0n) is 20.4. The van der Waals surface area contributed by atoms with Gasteiger partial charge in [0.1, 0.15) is 4.90 Å². The molecule has 0 saturated heterocycles. The molecule has 0 bridgehead atoms. The molecule has 0 unspecified atom stereocenters. The number of pyridine rings is 1. The molecule has 2 aromatic heterocycles. The largest absolute Gasteiger partial charge is 0.477 e. The van der Waals surface area contributed by atoms with Crippen LogP contribution in [0.3, 0.4) is 0 Å². The molecule has 0 spiro atoms. The first-order valence-corrected chi connectivity index (χ1v) is 13.3. The monoisotopic (exact) mass is 461 g/mol. The third-order valence-corrected chi connectivity index (χ3v) is 7.25. The molecule has 1 aliphatic rings. The summed E-state index contributed by atoms with van der Waals surface area (Å²) < 4.78 is 32.8. The summed E-state index contributed by atoms with van der Waals surface area (Å²) >= 11 is 0. The average molecular weight is 462 g/mol. The number of nitrogens with two attached hydrogens (primary N) is 1. The van der Waals surface area contributed by atoms with Crippen LogP contribution in [0, 0.1) is 18.8 Å². The fourth-order valence-corrected chi connectivity index (χ4v) is 5.17. The van der Waals surface area contributed by atoms with E-state index < -0.39 is 10.0 Å². The lowest BCUT2D eigenvalue weighted by Crippen LogP contribution is -2.18. The molecule has 0 aliphatic heterocycles. The third-order valence-electron chi connectivity index (χ3n) is 6.22. The minimum atomic E-state index is -3.82. The molecule has 0 aromatic carbocycles. The highest BCUT2D eigenvalue weighted by atomic mass is 32.2. The second-order valence-corrected chi connectivity index (χ2v) is 12.2. The Morgan fingerprint density at radius 2 is 1.81 bits per heavy atom. The highest BCUT2D eigenvalue weighted by molar-refractivity contribution is 7.89. The smallest absolute Gasteiger partial charge is 0.239 e. The maximum Gasteiger partial charge on any atom is 0.239 e. The van der Waals surface area contributed by atoms with E-state index in [0.717, 1.165) is 23.5 Å². The van der Waals surface area contributed by atoms with Crippen molar-refractivity contribution in [2.45, 2.75) is 90.5 Å². The van der Waals surface area contributed by atoms with E-state index in [1.54, 1.807) is 6.07 Å². The Labute approximate surface area is 193 Å². The Balaban J connectivity index is 2.14. The van der Waals surface area contributed by atoms with Crippen LogP contribution in [0.15, 0.2) is 23.1 Å². The molecule has 0 atom stereocenters. The van der Waals surface area contributed by atoms with Gasteiger partial charge in [-0.1, -0.05) is 53.9 Å². The third kappa shape index (κ3) is 5.93. The van der Waals surface area contributed by atoms with Gasteiger partial charge in [0.05, 0.1) is 12.3 Å². The number of sulfonamides is 1. The van der Waals surface area contributed by atoms with Gasteiger partial charge in [-0.15, -0.1) is 0 Å². The van der Waals surface area contributed by atoms with Gasteiger partial charge in [0.15, 0.2) is 0 Å². The van der Waals surface area contributed by atoms with Crippen LogP contribution in [-0.2, 0) is 22.0 Å². The Kier molecular flexibility index (Phi) is 7.40. The van der Waals surface area contributed by atoms with Crippen LogP contribution >= 0.6 is 0 Å². The van der Waals surface area contributed by atoms with Crippen molar-refractivity contribution < 1.29 is 13.2 Å². The van der Waals surface area contributed by atoms with E-state index in [4.69, 9.17) is 14.9 Å². The molecule has 1 aliphatic carbocycles. The lowest BCUT2D eigenvalue weighted by Gasteiger charge is -2.25. The number of hydrogen-bond donors (Lipinski definition) is 1. The predicted molar refractivity (Wildman–Crippen MR) is 129 cm³/mol. The van der Waals surface area contributed by atoms with Gasteiger partial charge in [-0.05, 0) is 43.7 Å². The van der Waals surface area contributed by atoms with Gasteiger partial charge in [0.2, 0.25) is 15.9 Å².